The van der Waals surface area contributed by atoms with Crippen molar-refractivity contribution >= 4 is 27.8 Å². The first-order chi connectivity index (χ1) is 15.2. The van der Waals surface area contributed by atoms with Crippen molar-refractivity contribution in [2.75, 3.05) is 13.1 Å². The highest BCUT2D eigenvalue weighted by Gasteiger charge is 2.26. The summed E-state index contributed by atoms with van der Waals surface area (Å²) in [7, 11) is 0. The summed E-state index contributed by atoms with van der Waals surface area (Å²) in [4.78, 5) is 31.4. The Hall–Kier alpha value is -3.28. The fraction of sp³-hybridized carbons (Fsp3) is 0.360. The van der Waals surface area contributed by atoms with Gasteiger partial charge >= 0.3 is 5.69 Å². The molecule has 1 saturated heterocycles. The van der Waals surface area contributed by atoms with Crippen LogP contribution in [0.5, 0.6) is 0 Å². The molecule has 1 aliphatic rings. The highest BCUT2D eigenvalue weighted by atomic mass is 16.2. The number of benzene rings is 2. The molecule has 160 valence electrons. The molecule has 6 nitrogen and oxygen atoms in total. The molecule has 0 bridgehead atoms. The van der Waals surface area contributed by atoms with Gasteiger partial charge in [0, 0.05) is 36.7 Å². The molecule has 1 fully saturated rings. The maximum atomic E-state index is 13.1. The van der Waals surface area contributed by atoms with Crippen LogP contribution in [-0.4, -0.2) is 38.0 Å². The van der Waals surface area contributed by atoms with Crippen molar-refractivity contribution in [3.05, 3.63) is 70.8 Å². The number of hydrogen-bond acceptors (Lipinski definition) is 2. The van der Waals surface area contributed by atoms with E-state index in [4.69, 9.17) is 0 Å². The smallest absolute Gasteiger partial charge is 0.329 e. The van der Waals surface area contributed by atoms with Crippen LogP contribution in [0.25, 0.3) is 21.9 Å². The van der Waals surface area contributed by atoms with Gasteiger partial charge in [0.2, 0.25) is 5.91 Å². The van der Waals surface area contributed by atoms with Gasteiger partial charge in [0.05, 0.1) is 11.0 Å². The molecule has 31 heavy (non-hydrogen) atoms. The Bertz CT molecular complexity index is 1290. The number of carbonyl (C=O) groups is 1. The van der Waals surface area contributed by atoms with Crippen molar-refractivity contribution < 1.29 is 4.79 Å². The predicted octanol–water partition coefficient (Wildman–Crippen LogP) is 4.10. The number of amides is 1. The molecule has 6 heteroatoms. The summed E-state index contributed by atoms with van der Waals surface area (Å²) in [6, 6.07) is 16.1. The van der Waals surface area contributed by atoms with Gasteiger partial charge in [-0.3, -0.25) is 13.9 Å². The minimum Gasteiger partial charge on any atom is -0.361 e. The summed E-state index contributed by atoms with van der Waals surface area (Å²) >= 11 is 0. The molecule has 0 atom stereocenters. The number of fused-ring (bicyclic) bond motifs is 2. The predicted molar refractivity (Wildman–Crippen MR) is 123 cm³/mol. The molecule has 0 radical (unpaired) electrons. The number of aromatic amines is 1. The number of hydrogen-bond donors (Lipinski definition) is 1. The van der Waals surface area contributed by atoms with Gasteiger partial charge in [-0.25, -0.2) is 4.79 Å². The van der Waals surface area contributed by atoms with Crippen LogP contribution in [-0.2, 0) is 17.9 Å². The van der Waals surface area contributed by atoms with Crippen LogP contribution in [0.4, 0.5) is 0 Å². The average molecular weight is 417 g/mol. The third-order valence-electron chi connectivity index (χ3n) is 6.57. The highest BCUT2D eigenvalue weighted by molar-refractivity contribution is 5.84. The number of aryl methyl sites for hydroxylation is 1. The second-order valence-electron chi connectivity index (χ2n) is 8.45. The quantitative estimate of drug-likeness (QED) is 0.532. The Kier molecular flexibility index (Phi) is 5.14. The number of aromatic nitrogens is 3. The number of nitrogens with zero attached hydrogens (tertiary/aromatic N) is 3. The lowest BCUT2D eigenvalue weighted by Crippen LogP contribution is -2.41. The van der Waals surface area contributed by atoms with Gasteiger partial charge in [-0.2, -0.15) is 0 Å². The molecule has 3 heterocycles. The van der Waals surface area contributed by atoms with E-state index < -0.39 is 0 Å². The van der Waals surface area contributed by atoms with Crippen molar-refractivity contribution in [3.8, 4) is 0 Å². The molecule has 1 N–H and O–H groups in total. The first-order valence-electron chi connectivity index (χ1n) is 11.2. The molecule has 2 aromatic carbocycles. The molecule has 1 amide bonds. The maximum Gasteiger partial charge on any atom is 0.329 e. The number of carbonyl (C=O) groups excluding carboxylic acids is 1. The van der Waals surface area contributed by atoms with E-state index in [1.165, 1.54) is 16.5 Å². The number of H-pyrrole nitrogens is 1. The molecule has 4 aromatic rings. The Morgan fingerprint density at radius 3 is 2.42 bits per heavy atom. The van der Waals surface area contributed by atoms with Crippen LogP contribution in [0.1, 0.15) is 37.7 Å². The molecule has 0 aliphatic carbocycles. The van der Waals surface area contributed by atoms with Crippen molar-refractivity contribution in [3.63, 3.8) is 0 Å². The Morgan fingerprint density at radius 2 is 1.68 bits per heavy atom. The van der Waals surface area contributed by atoms with Crippen LogP contribution in [0.3, 0.4) is 0 Å². The Labute approximate surface area is 181 Å². The lowest BCUT2D eigenvalue weighted by Gasteiger charge is -2.32. The molecule has 0 unspecified atom stereocenters. The molecular formula is C25H28N4O2. The summed E-state index contributed by atoms with van der Waals surface area (Å²) < 4.78 is 3.42. The van der Waals surface area contributed by atoms with Crippen molar-refractivity contribution in [2.45, 2.75) is 45.2 Å². The van der Waals surface area contributed by atoms with Crippen LogP contribution < -0.4 is 5.69 Å². The fourth-order valence-electron chi connectivity index (χ4n) is 4.97. The van der Waals surface area contributed by atoms with Crippen molar-refractivity contribution in [1.29, 1.82) is 0 Å². The molecule has 5 rings (SSSR count). The van der Waals surface area contributed by atoms with Crippen LogP contribution in [0.15, 0.2) is 59.5 Å². The summed E-state index contributed by atoms with van der Waals surface area (Å²) in [5.41, 5.74) is 4.16. The van der Waals surface area contributed by atoms with E-state index in [0.29, 0.717) is 12.5 Å². The largest absolute Gasteiger partial charge is 0.361 e. The third-order valence-corrected chi connectivity index (χ3v) is 6.57. The van der Waals surface area contributed by atoms with E-state index in [1.807, 2.05) is 35.2 Å². The number of rotatable bonds is 5. The number of para-hydroxylation sites is 3. The molecular weight excluding hydrogens is 388 g/mol. The number of imidazole rings is 1. The fourth-order valence-corrected chi connectivity index (χ4v) is 4.97. The van der Waals surface area contributed by atoms with Gasteiger partial charge in [0.1, 0.15) is 6.54 Å². The molecule has 2 aromatic heterocycles. The summed E-state index contributed by atoms with van der Waals surface area (Å²) in [6.07, 6.45) is 4.89. The van der Waals surface area contributed by atoms with E-state index in [9.17, 15) is 9.59 Å². The van der Waals surface area contributed by atoms with Crippen molar-refractivity contribution in [1.82, 2.24) is 19.0 Å². The van der Waals surface area contributed by atoms with E-state index in [0.717, 1.165) is 43.4 Å². The summed E-state index contributed by atoms with van der Waals surface area (Å²) in [5.74, 6) is 0.480. The van der Waals surface area contributed by atoms with Gasteiger partial charge in [-0.1, -0.05) is 37.3 Å². The van der Waals surface area contributed by atoms with Crippen LogP contribution in [0.2, 0.25) is 0 Å². The van der Waals surface area contributed by atoms with Gasteiger partial charge in [0.25, 0.3) is 0 Å². The number of nitrogens with one attached hydrogen (secondary N) is 1. The number of likely N-dealkylation sites (tertiary alicyclic amines) is 1. The second-order valence-corrected chi connectivity index (χ2v) is 8.45. The van der Waals surface area contributed by atoms with Gasteiger partial charge in [0.15, 0.2) is 0 Å². The van der Waals surface area contributed by atoms with E-state index in [1.54, 1.807) is 9.13 Å². The minimum absolute atomic E-state index is 0.0267. The first kappa shape index (κ1) is 19.7. The van der Waals surface area contributed by atoms with Gasteiger partial charge < -0.3 is 9.88 Å². The van der Waals surface area contributed by atoms with Gasteiger partial charge in [-0.15, -0.1) is 0 Å². The van der Waals surface area contributed by atoms with Crippen LogP contribution >= 0.6 is 0 Å². The van der Waals surface area contributed by atoms with E-state index >= 15 is 0 Å². The standard InChI is InChI=1S/C25H28N4O2/c1-2-13-28-22-9-5-6-10-23(22)29(25(28)31)17-24(30)27-14-11-18(12-15-27)20-16-26-21-8-4-3-7-19(20)21/h3-10,16,18,26H,2,11-15,17H2,1H3. The summed E-state index contributed by atoms with van der Waals surface area (Å²) in [6.45, 7) is 4.28. The lowest BCUT2D eigenvalue weighted by molar-refractivity contribution is -0.132. The zero-order chi connectivity index (χ0) is 21.4. The average Bonchev–Trinajstić information content (AvgIpc) is 3.35. The normalized spacial score (nSPS) is 15.2. The first-order valence-corrected chi connectivity index (χ1v) is 11.2. The Morgan fingerprint density at radius 1 is 1.00 bits per heavy atom. The molecule has 1 aliphatic heterocycles. The zero-order valence-electron chi connectivity index (χ0n) is 17.9. The Balaban J connectivity index is 1.32. The minimum atomic E-state index is -0.0925. The van der Waals surface area contributed by atoms with E-state index in [2.05, 4.69) is 36.3 Å². The third kappa shape index (κ3) is 3.46. The molecule has 0 saturated carbocycles. The highest BCUT2D eigenvalue weighted by Crippen LogP contribution is 2.33. The second kappa shape index (κ2) is 8.10. The SMILES string of the molecule is CCCn1c(=O)n(CC(=O)N2CCC(c3c[nH]c4ccccc34)CC2)c2ccccc21. The molecule has 0 spiro atoms. The van der Waals surface area contributed by atoms with Crippen LogP contribution in [0, 0.1) is 0 Å². The van der Waals surface area contributed by atoms with Gasteiger partial charge in [-0.05, 0) is 48.9 Å². The topological polar surface area (TPSA) is 63.0 Å². The number of piperidine rings is 1. The zero-order valence-corrected chi connectivity index (χ0v) is 17.9. The monoisotopic (exact) mass is 416 g/mol. The van der Waals surface area contributed by atoms with Crippen molar-refractivity contribution in [2.24, 2.45) is 0 Å². The summed E-state index contributed by atoms with van der Waals surface area (Å²) in [5, 5.41) is 1.28. The maximum absolute atomic E-state index is 13.1. The lowest BCUT2D eigenvalue weighted by atomic mass is 9.89. The van der Waals surface area contributed by atoms with E-state index in [-0.39, 0.29) is 18.1 Å².